The highest BCUT2D eigenvalue weighted by Gasteiger charge is 2.33. The molecule has 1 aliphatic heterocycles. The number of aromatic nitrogens is 4. The fraction of sp³-hybridized carbons (Fsp3) is 0.462. The van der Waals surface area contributed by atoms with Crippen LogP contribution in [0.3, 0.4) is 0 Å². The van der Waals surface area contributed by atoms with Crippen molar-refractivity contribution in [3.05, 3.63) is 22.5 Å². The Bertz CT molecular complexity index is 653. The van der Waals surface area contributed by atoms with E-state index >= 15 is 0 Å². The van der Waals surface area contributed by atoms with Crippen molar-refractivity contribution >= 4 is 17.3 Å². The second-order valence-corrected chi connectivity index (χ2v) is 5.84. The molecule has 1 fully saturated rings. The minimum Gasteiger partial charge on any atom is -0.370 e. The SMILES string of the molecule is Fc1c(Cl)cc2c(c1-c1nn[nH]n1)N(CC1CC1)CC2. The Kier molecular flexibility index (Phi) is 2.66. The van der Waals surface area contributed by atoms with E-state index in [1.807, 2.05) is 0 Å². The number of hydrogen-bond donors (Lipinski definition) is 1. The van der Waals surface area contributed by atoms with Crippen LogP contribution in [0, 0.1) is 11.7 Å². The van der Waals surface area contributed by atoms with Gasteiger partial charge in [0.15, 0.2) is 5.82 Å². The van der Waals surface area contributed by atoms with Crippen LogP contribution in [0.15, 0.2) is 6.07 Å². The van der Waals surface area contributed by atoms with E-state index < -0.39 is 5.82 Å². The van der Waals surface area contributed by atoms with Crippen molar-refractivity contribution in [1.82, 2.24) is 20.6 Å². The molecule has 104 valence electrons. The molecule has 1 N–H and O–H groups in total. The molecule has 7 heteroatoms. The van der Waals surface area contributed by atoms with Gasteiger partial charge in [0, 0.05) is 13.1 Å². The molecule has 0 amide bonds. The van der Waals surface area contributed by atoms with Gasteiger partial charge in [0.05, 0.1) is 16.3 Å². The fourth-order valence-electron chi connectivity index (χ4n) is 2.85. The van der Waals surface area contributed by atoms with Crippen molar-refractivity contribution in [2.24, 2.45) is 5.92 Å². The lowest BCUT2D eigenvalue weighted by Gasteiger charge is -2.21. The molecule has 0 unspecified atom stereocenters. The topological polar surface area (TPSA) is 57.7 Å². The highest BCUT2D eigenvalue weighted by Crippen LogP contribution is 2.43. The largest absolute Gasteiger partial charge is 0.370 e. The number of rotatable bonds is 3. The number of hydrogen-bond acceptors (Lipinski definition) is 4. The first-order valence-corrected chi connectivity index (χ1v) is 7.11. The Morgan fingerprint density at radius 3 is 3.00 bits per heavy atom. The maximum atomic E-state index is 14.5. The normalized spacial score (nSPS) is 17.6. The number of benzene rings is 1. The van der Waals surface area contributed by atoms with E-state index in [0.717, 1.165) is 36.7 Å². The molecule has 1 saturated carbocycles. The smallest absolute Gasteiger partial charge is 0.209 e. The molecule has 2 aromatic rings. The van der Waals surface area contributed by atoms with E-state index in [2.05, 4.69) is 25.5 Å². The van der Waals surface area contributed by atoms with Gasteiger partial charge in [-0.2, -0.15) is 5.21 Å². The number of anilines is 1. The molecule has 1 aromatic heterocycles. The van der Waals surface area contributed by atoms with Crippen LogP contribution in [-0.4, -0.2) is 33.7 Å². The van der Waals surface area contributed by atoms with Crippen LogP contribution < -0.4 is 4.90 Å². The highest BCUT2D eigenvalue weighted by molar-refractivity contribution is 6.31. The van der Waals surface area contributed by atoms with Crippen molar-refractivity contribution in [3.8, 4) is 11.4 Å². The van der Waals surface area contributed by atoms with Gasteiger partial charge in [0.25, 0.3) is 0 Å². The van der Waals surface area contributed by atoms with Crippen LogP contribution in [0.5, 0.6) is 0 Å². The summed E-state index contributed by atoms with van der Waals surface area (Å²) in [5.74, 6) is 0.538. The number of tetrazole rings is 1. The Hall–Kier alpha value is -1.69. The monoisotopic (exact) mass is 293 g/mol. The van der Waals surface area contributed by atoms with E-state index in [1.165, 1.54) is 12.8 Å². The Balaban J connectivity index is 1.87. The number of halogens is 2. The van der Waals surface area contributed by atoms with Gasteiger partial charge in [-0.05, 0) is 42.0 Å². The summed E-state index contributed by atoms with van der Waals surface area (Å²) in [4.78, 5) is 2.23. The molecule has 1 aliphatic carbocycles. The van der Waals surface area contributed by atoms with Gasteiger partial charge in [-0.1, -0.05) is 11.6 Å². The molecular formula is C13H13ClFN5. The molecule has 2 heterocycles. The van der Waals surface area contributed by atoms with Crippen molar-refractivity contribution < 1.29 is 4.39 Å². The van der Waals surface area contributed by atoms with E-state index in [4.69, 9.17) is 11.6 Å². The van der Waals surface area contributed by atoms with Gasteiger partial charge in [-0.25, -0.2) is 4.39 Å². The van der Waals surface area contributed by atoms with Gasteiger partial charge in [-0.3, -0.25) is 0 Å². The summed E-state index contributed by atoms with van der Waals surface area (Å²) < 4.78 is 14.5. The summed E-state index contributed by atoms with van der Waals surface area (Å²) in [7, 11) is 0. The minimum atomic E-state index is -0.463. The summed E-state index contributed by atoms with van der Waals surface area (Å²) in [5, 5.41) is 13.9. The lowest BCUT2D eigenvalue weighted by molar-refractivity contribution is 0.629. The third-order valence-electron chi connectivity index (χ3n) is 3.98. The Morgan fingerprint density at radius 1 is 1.45 bits per heavy atom. The second-order valence-electron chi connectivity index (χ2n) is 5.43. The Labute approximate surface area is 120 Å². The van der Waals surface area contributed by atoms with Crippen molar-refractivity contribution in [2.75, 3.05) is 18.0 Å². The summed E-state index contributed by atoms with van der Waals surface area (Å²) in [6.07, 6.45) is 3.41. The van der Waals surface area contributed by atoms with Crippen molar-refractivity contribution in [3.63, 3.8) is 0 Å². The number of fused-ring (bicyclic) bond motifs is 1. The van der Waals surface area contributed by atoms with Crippen LogP contribution in [0.2, 0.25) is 5.02 Å². The summed E-state index contributed by atoms with van der Waals surface area (Å²) in [6.45, 7) is 1.87. The molecule has 5 nitrogen and oxygen atoms in total. The summed E-state index contributed by atoms with van der Waals surface area (Å²) in [6, 6.07) is 1.72. The number of H-pyrrole nitrogens is 1. The predicted molar refractivity (Wildman–Crippen MR) is 73.2 cm³/mol. The maximum absolute atomic E-state index is 14.5. The molecule has 0 bridgehead atoms. The van der Waals surface area contributed by atoms with E-state index in [9.17, 15) is 4.39 Å². The molecule has 4 rings (SSSR count). The molecule has 2 aliphatic rings. The van der Waals surface area contributed by atoms with E-state index in [1.54, 1.807) is 6.07 Å². The highest BCUT2D eigenvalue weighted by atomic mass is 35.5. The summed E-state index contributed by atoms with van der Waals surface area (Å²) >= 11 is 6.00. The van der Waals surface area contributed by atoms with Crippen molar-refractivity contribution in [2.45, 2.75) is 19.3 Å². The number of aromatic amines is 1. The third kappa shape index (κ3) is 1.86. The average molecular weight is 294 g/mol. The molecule has 0 radical (unpaired) electrons. The maximum Gasteiger partial charge on any atom is 0.209 e. The standard InChI is InChI=1S/C13H13ClFN5/c14-9-5-8-3-4-20(6-7-1-2-7)12(8)10(11(9)15)13-16-18-19-17-13/h5,7H,1-4,6H2,(H,16,17,18,19). The fourth-order valence-corrected chi connectivity index (χ4v) is 3.08. The van der Waals surface area contributed by atoms with Crippen molar-refractivity contribution in [1.29, 1.82) is 0 Å². The van der Waals surface area contributed by atoms with Gasteiger partial charge in [0.2, 0.25) is 5.82 Å². The van der Waals surface area contributed by atoms with E-state index in [-0.39, 0.29) is 10.8 Å². The Morgan fingerprint density at radius 2 is 2.30 bits per heavy atom. The number of nitrogens with zero attached hydrogens (tertiary/aromatic N) is 4. The summed E-state index contributed by atoms with van der Waals surface area (Å²) in [5.41, 5.74) is 2.33. The molecule has 20 heavy (non-hydrogen) atoms. The molecule has 0 spiro atoms. The van der Waals surface area contributed by atoms with Crippen LogP contribution in [0.4, 0.5) is 10.1 Å². The quantitative estimate of drug-likeness (QED) is 0.944. The zero-order valence-electron chi connectivity index (χ0n) is 10.7. The van der Waals surface area contributed by atoms with Gasteiger partial charge >= 0.3 is 0 Å². The second kappa shape index (κ2) is 4.41. The van der Waals surface area contributed by atoms with Gasteiger partial charge in [0.1, 0.15) is 0 Å². The zero-order valence-corrected chi connectivity index (χ0v) is 11.5. The van der Waals surface area contributed by atoms with E-state index in [0.29, 0.717) is 5.56 Å². The van der Waals surface area contributed by atoms with Crippen LogP contribution in [0.1, 0.15) is 18.4 Å². The third-order valence-corrected chi connectivity index (χ3v) is 4.26. The molecule has 0 saturated heterocycles. The lowest BCUT2D eigenvalue weighted by Crippen LogP contribution is -2.23. The predicted octanol–water partition coefficient (Wildman–Crippen LogP) is 2.43. The van der Waals surface area contributed by atoms with Crippen LogP contribution in [-0.2, 0) is 6.42 Å². The van der Waals surface area contributed by atoms with Crippen LogP contribution in [0.25, 0.3) is 11.4 Å². The van der Waals surface area contributed by atoms with Gasteiger partial charge in [-0.15, -0.1) is 10.2 Å². The van der Waals surface area contributed by atoms with Gasteiger partial charge < -0.3 is 4.90 Å². The first-order valence-electron chi connectivity index (χ1n) is 6.73. The zero-order chi connectivity index (χ0) is 13.7. The number of nitrogens with one attached hydrogen (secondary N) is 1. The average Bonchev–Trinajstić information content (AvgIpc) is 2.93. The molecule has 0 atom stereocenters. The minimum absolute atomic E-state index is 0.122. The molecule has 1 aromatic carbocycles. The van der Waals surface area contributed by atoms with Crippen LogP contribution >= 0.6 is 11.6 Å². The first-order chi connectivity index (χ1) is 9.74. The lowest BCUT2D eigenvalue weighted by atomic mass is 10.1. The molecular weight excluding hydrogens is 281 g/mol. The first kappa shape index (κ1) is 12.1.